The van der Waals surface area contributed by atoms with Crippen LogP contribution in [-0.4, -0.2) is 28.4 Å². The van der Waals surface area contributed by atoms with E-state index >= 15 is 0 Å². The topological polar surface area (TPSA) is 93.1 Å². The standard InChI is InChI=1S/C7H7O6/c1-7(4(8)9,5(10)11)6-12-2-3-13-6/h2-3,6H,1H2,(H,8,9)(H,10,11). The number of hydrogen-bond acceptors (Lipinski definition) is 4. The molecule has 71 valence electrons. The lowest BCUT2D eigenvalue weighted by molar-refractivity contribution is -0.183. The second kappa shape index (κ2) is 2.96. The number of rotatable bonds is 3. The van der Waals surface area contributed by atoms with Crippen molar-refractivity contribution in [1.29, 1.82) is 0 Å². The van der Waals surface area contributed by atoms with Gasteiger partial charge in [-0.25, -0.2) is 0 Å². The van der Waals surface area contributed by atoms with Gasteiger partial charge in [-0.1, -0.05) is 0 Å². The van der Waals surface area contributed by atoms with E-state index in [-0.39, 0.29) is 0 Å². The summed E-state index contributed by atoms with van der Waals surface area (Å²) in [4.78, 5) is 21.2. The van der Waals surface area contributed by atoms with E-state index in [1.54, 1.807) is 0 Å². The van der Waals surface area contributed by atoms with Gasteiger partial charge in [-0.05, 0) is 6.92 Å². The highest BCUT2D eigenvalue weighted by atomic mass is 16.7. The van der Waals surface area contributed by atoms with Gasteiger partial charge < -0.3 is 19.7 Å². The zero-order valence-electron chi connectivity index (χ0n) is 6.47. The molecule has 1 aliphatic rings. The summed E-state index contributed by atoms with van der Waals surface area (Å²) < 4.78 is 9.23. The van der Waals surface area contributed by atoms with Crippen LogP contribution >= 0.6 is 0 Å². The summed E-state index contributed by atoms with van der Waals surface area (Å²) in [6, 6.07) is 0. The number of aliphatic carboxylic acids is 2. The molecule has 0 aromatic carbocycles. The molecule has 0 aromatic rings. The van der Waals surface area contributed by atoms with E-state index in [0.717, 1.165) is 12.5 Å². The van der Waals surface area contributed by atoms with Crippen LogP contribution in [0.1, 0.15) is 0 Å². The minimum Gasteiger partial charge on any atom is -0.480 e. The number of carbonyl (C=O) groups is 2. The predicted molar refractivity (Wildman–Crippen MR) is 38.2 cm³/mol. The van der Waals surface area contributed by atoms with Gasteiger partial charge in [-0.15, -0.1) is 0 Å². The lowest BCUT2D eigenvalue weighted by Gasteiger charge is -2.24. The summed E-state index contributed by atoms with van der Waals surface area (Å²) in [6.45, 7) is 3.06. The number of carboxylic acid groups (broad SMARTS) is 2. The van der Waals surface area contributed by atoms with Crippen LogP contribution in [-0.2, 0) is 19.1 Å². The molecule has 0 aromatic heterocycles. The van der Waals surface area contributed by atoms with E-state index in [4.69, 9.17) is 10.2 Å². The highest BCUT2D eigenvalue weighted by molar-refractivity contribution is 5.99. The molecule has 6 heteroatoms. The number of hydrogen-bond donors (Lipinski definition) is 2. The van der Waals surface area contributed by atoms with Crippen molar-refractivity contribution in [2.45, 2.75) is 6.29 Å². The zero-order chi connectivity index (χ0) is 10.1. The smallest absolute Gasteiger partial charge is 0.328 e. The quantitative estimate of drug-likeness (QED) is 0.595. The van der Waals surface area contributed by atoms with Crippen LogP contribution in [0, 0.1) is 12.3 Å². The van der Waals surface area contributed by atoms with Gasteiger partial charge in [0.25, 0.3) is 6.29 Å². The first-order valence-corrected chi connectivity index (χ1v) is 3.27. The SMILES string of the molecule is [CH2]C(C(=O)O)(C(=O)O)C1OC=CO1. The third kappa shape index (κ3) is 1.30. The summed E-state index contributed by atoms with van der Waals surface area (Å²) in [5.74, 6) is -3.23. The summed E-state index contributed by atoms with van der Waals surface area (Å²) >= 11 is 0. The summed E-state index contributed by atoms with van der Waals surface area (Å²) in [5, 5.41) is 17.3. The van der Waals surface area contributed by atoms with E-state index in [0.29, 0.717) is 0 Å². The minimum atomic E-state index is -2.34. The number of carboxylic acids is 2. The second-order valence-corrected chi connectivity index (χ2v) is 2.46. The van der Waals surface area contributed by atoms with Gasteiger partial charge in [-0.3, -0.25) is 9.59 Å². The molecule has 0 spiro atoms. The predicted octanol–water partition coefficient (Wildman–Crippen LogP) is -0.180. The van der Waals surface area contributed by atoms with E-state index in [1.807, 2.05) is 0 Å². The second-order valence-electron chi connectivity index (χ2n) is 2.46. The fraction of sp³-hybridized carbons (Fsp3) is 0.286. The molecule has 1 aliphatic heterocycles. The van der Waals surface area contributed by atoms with Gasteiger partial charge in [0.15, 0.2) is 0 Å². The fourth-order valence-corrected chi connectivity index (χ4v) is 0.764. The highest BCUT2D eigenvalue weighted by Gasteiger charge is 2.53. The third-order valence-electron chi connectivity index (χ3n) is 1.63. The molecule has 0 saturated carbocycles. The summed E-state index contributed by atoms with van der Waals surface area (Å²) in [5.41, 5.74) is -2.34. The molecule has 1 radical (unpaired) electrons. The lowest BCUT2D eigenvalue weighted by atomic mass is 9.90. The molecule has 2 N–H and O–H groups in total. The highest BCUT2D eigenvalue weighted by Crippen LogP contribution is 2.28. The number of ether oxygens (including phenoxy) is 2. The molecule has 1 rings (SSSR count). The molecule has 0 bridgehead atoms. The molecule has 0 saturated heterocycles. The van der Waals surface area contributed by atoms with Gasteiger partial charge in [0.2, 0.25) is 5.41 Å². The van der Waals surface area contributed by atoms with Crippen molar-refractivity contribution in [2.75, 3.05) is 0 Å². The normalized spacial score (nSPS) is 16.4. The van der Waals surface area contributed by atoms with E-state index in [9.17, 15) is 9.59 Å². The summed E-state index contributed by atoms with van der Waals surface area (Å²) in [7, 11) is 0. The monoisotopic (exact) mass is 187 g/mol. The summed E-state index contributed by atoms with van der Waals surface area (Å²) in [6.07, 6.45) is 0.704. The van der Waals surface area contributed by atoms with Crippen LogP contribution < -0.4 is 0 Å². The van der Waals surface area contributed by atoms with Crippen molar-refractivity contribution in [1.82, 2.24) is 0 Å². The van der Waals surface area contributed by atoms with Crippen molar-refractivity contribution in [2.24, 2.45) is 5.41 Å². The molecular weight excluding hydrogens is 180 g/mol. The van der Waals surface area contributed by atoms with Crippen molar-refractivity contribution in [3.8, 4) is 0 Å². The van der Waals surface area contributed by atoms with E-state index < -0.39 is 23.6 Å². The molecule has 13 heavy (non-hydrogen) atoms. The van der Waals surface area contributed by atoms with Crippen LogP contribution in [0.2, 0.25) is 0 Å². The Balaban J connectivity index is 2.90. The Kier molecular flexibility index (Phi) is 2.14. The first-order valence-electron chi connectivity index (χ1n) is 3.27. The maximum absolute atomic E-state index is 10.6. The average Bonchev–Trinajstić information content (AvgIpc) is 2.54. The average molecular weight is 187 g/mol. The maximum Gasteiger partial charge on any atom is 0.328 e. The minimum absolute atomic E-state index is 1.07. The molecule has 6 nitrogen and oxygen atoms in total. The Morgan fingerprint density at radius 1 is 1.23 bits per heavy atom. The first-order chi connectivity index (χ1) is 5.99. The van der Waals surface area contributed by atoms with Crippen LogP contribution in [0.5, 0.6) is 0 Å². The van der Waals surface area contributed by atoms with Crippen molar-refractivity contribution >= 4 is 11.9 Å². The molecular formula is C7H7O6. The molecule has 0 amide bonds. The van der Waals surface area contributed by atoms with Crippen LogP contribution in [0.4, 0.5) is 0 Å². The Hall–Kier alpha value is -1.72. The molecule has 1 heterocycles. The van der Waals surface area contributed by atoms with Gasteiger partial charge in [0, 0.05) is 0 Å². The van der Waals surface area contributed by atoms with E-state index in [2.05, 4.69) is 16.4 Å². The third-order valence-corrected chi connectivity index (χ3v) is 1.63. The van der Waals surface area contributed by atoms with Crippen LogP contribution in [0.3, 0.4) is 0 Å². The fourth-order valence-electron chi connectivity index (χ4n) is 0.764. The Morgan fingerprint density at radius 2 is 1.62 bits per heavy atom. The van der Waals surface area contributed by atoms with Crippen molar-refractivity contribution < 1.29 is 29.3 Å². The van der Waals surface area contributed by atoms with Gasteiger partial charge in [0.05, 0.1) is 0 Å². The zero-order valence-corrected chi connectivity index (χ0v) is 6.47. The van der Waals surface area contributed by atoms with Gasteiger partial charge in [-0.2, -0.15) is 0 Å². The maximum atomic E-state index is 10.6. The Bertz CT molecular complexity index is 246. The lowest BCUT2D eigenvalue weighted by Crippen LogP contribution is -2.47. The van der Waals surface area contributed by atoms with Crippen molar-refractivity contribution in [3.05, 3.63) is 19.4 Å². The molecule has 0 unspecified atom stereocenters. The molecule has 0 atom stereocenters. The van der Waals surface area contributed by atoms with Crippen molar-refractivity contribution in [3.63, 3.8) is 0 Å². The van der Waals surface area contributed by atoms with Crippen LogP contribution in [0.15, 0.2) is 12.5 Å². The molecule has 0 fully saturated rings. The van der Waals surface area contributed by atoms with Crippen LogP contribution in [0.25, 0.3) is 0 Å². The van der Waals surface area contributed by atoms with Gasteiger partial charge >= 0.3 is 11.9 Å². The largest absolute Gasteiger partial charge is 0.480 e. The first kappa shape index (κ1) is 9.37. The van der Waals surface area contributed by atoms with Gasteiger partial charge in [0.1, 0.15) is 12.5 Å². The Labute approximate surface area is 73.4 Å². The van der Waals surface area contributed by atoms with E-state index in [1.165, 1.54) is 0 Å². The Morgan fingerprint density at radius 3 is 1.92 bits per heavy atom. The molecule has 0 aliphatic carbocycles.